The molecule has 3 nitrogen and oxygen atoms in total. The Balaban J connectivity index is 2.70. The van der Waals surface area contributed by atoms with Crippen molar-refractivity contribution in [1.82, 2.24) is 14.9 Å². The monoisotopic (exact) mass is 265 g/mol. The number of nitrogens with zero attached hydrogens (tertiary/aromatic N) is 2. The molecule has 0 radical (unpaired) electrons. The molecule has 0 bridgehead atoms. The lowest BCUT2D eigenvalue weighted by atomic mass is 9.88. The number of aryl methyl sites for hydroxylation is 1. The summed E-state index contributed by atoms with van der Waals surface area (Å²) in [6, 6.07) is 0.554. The summed E-state index contributed by atoms with van der Waals surface area (Å²) >= 11 is 0. The largest absolute Gasteiger partial charge is 0.335 e. The molecule has 0 aliphatic carbocycles. The minimum Gasteiger partial charge on any atom is -0.335 e. The van der Waals surface area contributed by atoms with E-state index in [-0.39, 0.29) is 0 Å². The highest BCUT2D eigenvalue weighted by atomic mass is 15.1. The summed E-state index contributed by atoms with van der Waals surface area (Å²) in [7, 11) is 2.09. The molecule has 0 saturated heterocycles. The number of likely N-dealkylation sites (N-methyl/N-ethyl adjacent to an activating group) is 1. The first-order valence-electron chi connectivity index (χ1n) is 7.93. The van der Waals surface area contributed by atoms with Crippen molar-refractivity contribution in [3.8, 4) is 0 Å². The van der Waals surface area contributed by atoms with E-state index in [1.165, 1.54) is 37.9 Å². The highest BCUT2D eigenvalue weighted by molar-refractivity contribution is 4.97. The van der Waals surface area contributed by atoms with Crippen molar-refractivity contribution in [1.29, 1.82) is 0 Å². The Labute approximate surface area is 118 Å². The Hall–Kier alpha value is -0.830. The Morgan fingerprint density at radius 2 is 1.84 bits per heavy atom. The third-order valence-corrected chi connectivity index (χ3v) is 3.93. The third kappa shape index (κ3) is 4.98. The fourth-order valence-electron chi connectivity index (χ4n) is 2.96. The summed E-state index contributed by atoms with van der Waals surface area (Å²) < 4.78 is 2.30. The average molecular weight is 265 g/mol. The van der Waals surface area contributed by atoms with Crippen LogP contribution in [0.4, 0.5) is 0 Å². The van der Waals surface area contributed by atoms with Gasteiger partial charge in [0.1, 0.15) is 5.82 Å². The van der Waals surface area contributed by atoms with Crippen LogP contribution in [0.3, 0.4) is 0 Å². The Bertz CT molecular complexity index is 326. The van der Waals surface area contributed by atoms with Crippen LogP contribution in [0.1, 0.15) is 58.7 Å². The van der Waals surface area contributed by atoms with Gasteiger partial charge in [0, 0.05) is 31.4 Å². The normalized spacial score (nSPS) is 13.1. The minimum absolute atomic E-state index is 0.554. The van der Waals surface area contributed by atoms with Crippen molar-refractivity contribution < 1.29 is 0 Å². The molecule has 0 aromatic carbocycles. The zero-order chi connectivity index (χ0) is 14.1. The molecule has 0 amide bonds. The summed E-state index contributed by atoms with van der Waals surface area (Å²) in [5.74, 6) is 2.00. The first-order chi connectivity index (χ1) is 9.26. The standard InChI is InChI=1S/C16H31N3/c1-5-8-14(9-6-2)15(17-4)13-16-18-10-12-19(16)11-7-3/h10,12,14-15,17H,5-9,11,13H2,1-4H3. The van der Waals surface area contributed by atoms with Crippen molar-refractivity contribution >= 4 is 0 Å². The molecular weight excluding hydrogens is 234 g/mol. The van der Waals surface area contributed by atoms with E-state index in [9.17, 15) is 0 Å². The highest BCUT2D eigenvalue weighted by Crippen LogP contribution is 2.20. The molecule has 1 unspecified atom stereocenters. The Morgan fingerprint density at radius 1 is 1.16 bits per heavy atom. The topological polar surface area (TPSA) is 29.9 Å². The van der Waals surface area contributed by atoms with Gasteiger partial charge >= 0.3 is 0 Å². The zero-order valence-electron chi connectivity index (χ0n) is 13.2. The fraction of sp³-hybridized carbons (Fsp3) is 0.812. The summed E-state index contributed by atoms with van der Waals surface area (Å²) in [5, 5.41) is 3.53. The molecule has 1 N–H and O–H groups in total. The lowest BCUT2D eigenvalue weighted by molar-refractivity contribution is 0.316. The van der Waals surface area contributed by atoms with Gasteiger partial charge in [0.05, 0.1) is 0 Å². The molecule has 1 aromatic heterocycles. The van der Waals surface area contributed by atoms with Crippen molar-refractivity contribution in [3.63, 3.8) is 0 Å². The lowest BCUT2D eigenvalue weighted by Gasteiger charge is -2.26. The number of hydrogen-bond acceptors (Lipinski definition) is 2. The van der Waals surface area contributed by atoms with Crippen LogP contribution < -0.4 is 5.32 Å². The predicted octanol–water partition coefficient (Wildman–Crippen LogP) is 3.64. The van der Waals surface area contributed by atoms with Crippen LogP contribution in [-0.2, 0) is 13.0 Å². The number of nitrogens with one attached hydrogen (secondary N) is 1. The fourth-order valence-corrected chi connectivity index (χ4v) is 2.96. The van der Waals surface area contributed by atoms with Crippen LogP contribution in [-0.4, -0.2) is 22.6 Å². The Morgan fingerprint density at radius 3 is 2.37 bits per heavy atom. The van der Waals surface area contributed by atoms with Gasteiger partial charge in [-0.05, 0) is 32.2 Å². The molecule has 1 aromatic rings. The average Bonchev–Trinajstić information content (AvgIpc) is 2.83. The maximum absolute atomic E-state index is 4.55. The van der Waals surface area contributed by atoms with Crippen molar-refractivity contribution in [2.45, 2.75) is 71.9 Å². The maximum Gasteiger partial charge on any atom is 0.110 e. The van der Waals surface area contributed by atoms with E-state index >= 15 is 0 Å². The molecule has 0 spiro atoms. The van der Waals surface area contributed by atoms with E-state index in [4.69, 9.17) is 0 Å². The van der Waals surface area contributed by atoms with Gasteiger partial charge in [-0.3, -0.25) is 0 Å². The van der Waals surface area contributed by atoms with Gasteiger partial charge < -0.3 is 9.88 Å². The molecular formula is C16H31N3. The van der Waals surface area contributed by atoms with Gasteiger partial charge in [0.2, 0.25) is 0 Å². The van der Waals surface area contributed by atoms with E-state index in [0.717, 1.165) is 18.9 Å². The molecule has 0 aliphatic heterocycles. The van der Waals surface area contributed by atoms with Crippen LogP contribution in [0.15, 0.2) is 12.4 Å². The smallest absolute Gasteiger partial charge is 0.110 e. The Kier molecular flexibility index (Phi) is 7.80. The molecule has 3 heteroatoms. The first-order valence-corrected chi connectivity index (χ1v) is 7.93. The van der Waals surface area contributed by atoms with Gasteiger partial charge in [-0.1, -0.05) is 33.6 Å². The van der Waals surface area contributed by atoms with E-state index in [0.29, 0.717) is 6.04 Å². The molecule has 1 atom stereocenters. The van der Waals surface area contributed by atoms with Crippen LogP contribution in [0.25, 0.3) is 0 Å². The second-order valence-corrected chi connectivity index (χ2v) is 5.47. The maximum atomic E-state index is 4.55. The number of aromatic nitrogens is 2. The molecule has 110 valence electrons. The van der Waals surface area contributed by atoms with E-state index in [2.05, 4.69) is 48.9 Å². The SMILES string of the molecule is CCCC(CCC)C(Cc1nccn1CCC)NC. The van der Waals surface area contributed by atoms with Gasteiger partial charge in [-0.2, -0.15) is 0 Å². The number of hydrogen-bond donors (Lipinski definition) is 1. The number of imidazole rings is 1. The third-order valence-electron chi connectivity index (χ3n) is 3.93. The first kappa shape index (κ1) is 16.2. The van der Waals surface area contributed by atoms with Gasteiger partial charge in [0.25, 0.3) is 0 Å². The zero-order valence-corrected chi connectivity index (χ0v) is 13.2. The van der Waals surface area contributed by atoms with Crippen LogP contribution in [0.5, 0.6) is 0 Å². The van der Waals surface area contributed by atoms with E-state index < -0.39 is 0 Å². The molecule has 1 heterocycles. The van der Waals surface area contributed by atoms with Crippen molar-refractivity contribution in [3.05, 3.63) is 18.2 Å². The second kappa shape index (κ2) is 9.13. The van der Waals surface area contributed by atoms with Crippen LogP contribution in [0, 0.1) is 5.92 Å². The van der Waals surface area contributed by atoms with Crippen molar-refractivity contribution in [2.24, 2.45) is 5.92 Å². The minimum atomic E-state index is 0.554. The van der Waals surface area contributed by atoms with Crippen LogP contribution in [0.2, 0.25) is 0 Å². The van der Waals surface area contributed by atoms with E-state index in [1.807, 2.05) is 6.20 Å². The van der Waals surface area contributed by atoms with E-state index in [1.54, 1.807) is 0 Å². The summed E-state index contributed by atoms with van der Waals surface area (Å²) in [6.07, 6.45) is 11.4. The van der Waals surface area contributed by atoms with Gasteiger partial charge in [-0.25, -0.2) is 4.98 Å². The molecule has 0 saturated carbocycles. The van der Waals surface area contributed by atoms with Gasteiger partial charge in [0.15, 0.2) is 0 Å². The van der Waals surface area contributed by atoms with Crippen molar-refractivity contribution in [2.75, 3.05) is 7.05 Å². The predicted molar refractivity (Wildman–Crippen MR) is 82.4 cm³/mol. The molecule has 19 heavy (non-hydrogen) atoms. The summed E-state index contributed by atoms with van der Waals surface area (Å²) in [6.45, 7) is 7.87. The lowest BCUT2D eigenvalue weighted by Crippen LogP contribution is -2.36. The highest BCUT2D eigenvalue weighted by Gasteiger charge is 2.20. The quantitative estimate of drug-likeness (QED) is 0.700. The molecule has 0 fully saturated rings. The number of rotatable bonds is 10. The van der Waals surface area contributed by atoms with Gasteiger partial charge in [-0.15, -0.1) is 0 Å². The second-order valence-electron chi connectivity index (χ2n) is 5.47. The summed E-state index contributed by atoms with van der Waals surface area (Å²) in [5.41, 5.74) is 0. The molecule has 1 rings (SSSR count). The van der Waals surface area contributed by atoms with Crippen LogP contribution >= 0.6 is 0 Å². The summed E-state index contributed by atoms with van der Waals surface area (Å²) in [4.78, 5) is 4.55. The molecule has 0 aliphatic rings.